The van der Waals surface area contributed by atoms with Crippen molar-refractivity contribution >= 4 is 6.09 Å². The molecule has 0 saturated carbocycles. The quantitative estimate of drug-likeness (QED) is 0.715. The molecule has 1 amide bonds. The van der Waals surface area contributed by atoms with E-state index in [1.165, 1.54) is 0 Å². The highest BCUT2D eigenvalue weighted by Crippen LogP contribution is 2.26. The van der Waals surface area contributed by atoms with Gasteiger partial charge in [-0.3, -0.25) is 0 Å². The smallest absolute Gasteiger partial charge is 0.410 e. The Morgan fingerprint density at radius 1 is 1.47 bits per heavy atom. The number of halogens is 2. The van der Waals surface area contributed by atoms with Crippen LogP contribution in [0.2, 0.25) is 0 Å². The molecule has 0 unspecified atom stereocenters. The Kier molecular flexibility index (Phi) is 3.96. The minimum Gasteiger partial charge on any atom is -0.444 e. The fraction of sp³-hybridized carbons (Fsp3) is 0.909. The van der Waals surface area contributed by atoms with Crippen LogP contribution < -0.4 is 5.73 Å². The molecule has 0 bridgehead atoms. The van der Waals surface area contributed by atoms with E-state index in [0.29, 0.717) is 0 Å². The van der Waals surface area contributed by atoms with Gasteiger partial charge in [0, 0.05) is 19.0 Å². The Bertz CT molecular complexity index is 290. The van der Waals surface area contributed by atoms with Gasteiger partial charge in [-0.05, 0) is 27.2 Å². The van der Waals surface area contributed by atoms with Gasteiger partial charge in [-0.25, -0.2) is 13.6 Å². The monoisotopic (exact) mass is 250 g/mol. The number of nitrogens with two attached hydrogens (primary N) is 1. The molecular formula is C11H20F2N2O2. The predicted molar refractivity (Wildman–Crippen MR) is 60.0 cm³/mol. The predicted octanol–water partition coefficient (Wildman–Crippen LogP) is 1.98. The van der Waals surface area contributed by atoms with Crippen LogP contribution in [0.15, 0.2) is 0 Å². The van der Waals surface area contributed by atoms with Crippen LogP contribution in [-0.2, 0) is 4.74 Å². The first-order valence-electron chi connectivity index (χ1n) is 5.70. The molecule has 2 N–H and O–H groups in total. The molecule has 0 spiro atoms. The van der Waals surface area contributed by atoms with Crippen LogP contribution in [0.4, 0.5) is 13.6 Å². The van der Waals surface area contributed by atoms with Gasteiger partial charge in [-0.15, -0.1) is 0 Å². The Morgan fingerprint density at radius 3 is 2.59 bits per heavy atom. The maximum absolute atomic E-state index is 13.4. The van der Waals surface area contributed by atoms with E-state index in [1.54, 1.807) is 20.8 Å². The van der Waals surface area contributed by atoms with E-state index < -0.39 is 30.2 Å². The third-order valence-electron chi connectivity index (χ3n) is 2.41. The Labute approximate surface area is 100 Å². The molecule has 0 aromatic heterocycles. The molecule has 0 aliphatic carbocycles. The normalized spacial score (nSPS) is 25.3. The number of carbonyl (C=O) groups excluding carboxylic acids is 1. The minimum atomic E-state index is -2.88. The van der Waals surface area contributed by atoms with Crippen LogP contribution in [0, 0.1) is 0 Å². The summed E-state index contributed by atoms with van der Waals surface area (Å²) in [4.78, 5) is 12.7. The number of alkyl halides is 2. The minimum absolute atomic E-state index is 0.116. The van der Waals surface area contributed by atoms with Gasteiger partial charge in [-0.1, -0.05) is 0 Å². The third kappa shape index (κ3) is 4.85. The van der Waals surface area contributed by atoms with Crippen LogP contribution in [0.3, 0.4) is 0 Å². The second-order valence-electron chi connectivity index (χ2n) is 5.52. The van der Waals surface area contributed by atoms with E-state index in [4.69, 9.17) is 10.5 Å². The highest BCUT2D eigenvalue weighted by molar-refractivity contribution is 5.68. The average molecular weight is 250 g/mol. The van der Waals surface area contributed by atoms with Gasteiger partial charge in [0.2, 0.25) is 0 Å². The van der Waals surface area contributed by atoms with Crippen molar-refractivity contribution in [3.63, 3.8) is 0 Å². The molecule has 6 heteroatoms. The summed E-state index contributed by atoms with van der Waals surface area (Å²) in [6, 6.07) is -0.420. The van der Waals surface area contributed by atoms with E-state index in [0.717, 1.165) is 4.90 Å². The lowest BCUT2D eigenvalue weighted by Crippen LogP contribution is -2.45. The lowest BCUT2D eigenvalue weighted by Gasteiger charge is -2.28. The number of likely N-dealkylation sites (tertiary alicyclic amines) is 1. The molecule has 4 nitrogen and oxygen atoms in total. The zero-order valence-corrected chi connectivity index (χ0v) is 10.5. The van der Waals surface area contributed by atoms with Gasteiger partial charge < -0.3 is 15.4 Å². The Balaban J connectivity index is 2.70. The molecular weight excluding hydrogens is 230 g/mol. The van der Waals surface area contributed by atoms with Crippen molar-refractivity contribution in [3.8, 4) is 0 Å². The Hall–Kier alpha value is -0.910. The van der Waals surface area contributed by atoms with Crippen LogP contribution in [0.25, 0.3) is 0 Å². The fourth-order valence-electron chi connectivity index (χ4n) is 1.66. The van der Waals surface area contributed by atoms with Gasteiger partial charge in [-0.2, -0.15) is 0 Å². The summed E-state index contributed by atoms with van der Waals surface area (Å²) in [6.45, 7) is 4.59. The molecule has 1 heterocycles. The zero-order chi connectivity index (χ0) is 13.3. The summed E-state index contributed by atoms with van der Waals surface area (Å²) in [5, 5.41) is 0. The van der Waals surface area contributed by atoms with E-state index in [2.05, 4.69) is 0 Å². The van der Waals surface area contributed by atoms with Gasteiger partial charge in [0.15, 0.2) is 0 Å². The first-order valence-corrected chi connectivity index (χ1v) is 5.70. The second kappa shape index (κ2) is 4.76. The third-order valence-corrected chi connectivity index (χ3v) is 2.41. The second-order valence-corrected chi connectivity index (χ2v) is 5.52. The standard InChI is InChI=1S/C11H20F2N2O2/c1-10(2,3)17-9(16)15-6-8(14)4-5-11(12,13)7-15/h8H,4-7,14H2,1-3H3/t8-/m0/s1. The molecule has 100 valence electrons. The molecule has 1 rings (SSSR count). The summed E-state index contributed by atoms with van der Waals surface area (Å²) in [5.74, 6) is -2.88. The van der Waals surface area contributed by atoms with Gasteiger partial charge in [0.05, 0.1) is 6.54 Å². The van der Waals surface area contributed by atoms with E-state index in [1.807, 2.05) is 0 Å². The first-order chi connectivity index (χ1) is 7.59. The molecule has 1 aliphatic rings. The van der Waals surface area contributed by atoms with Crippen LogP contribution in [0.1, 0.15) is 33.6 Å². The van der Waals surface area contributed by atoms with E-state index in [9.17, 15) is 13.6 Å². The highest BCUT2D eigenvalue weighted by Gasteiger charge is 2.38. The maximum Gasteiger partial charge on any atom is 0.410 e. The van der Waals surface area contributed by atoms with Crippen LogP contribution in [0.5, 0.6) is 0 Å². The zero-order valence-electron chi connectivity index (χ0n) is 10.5. The topological polar surface area (TPSA) is 55.6 Å². The summed E-state index contributed by atoms with van der Waals surface area (Å²) in [5.41, 5.74) is 4.97. The van der Waals surface area contributed by atoms with Crippen LogP contribution in [-0.4, -0.2) is 41.6 Å². The lowest BCUT2D eigenvalue weighted by molar-refractivity contribution is -0.0388. The lowest BCUT2D eigenvalue weighted by atomic mass is 10.1. The summed E-state index contributed by atoms with van der Waals surface area (Å²) < 4.78 is 31.8. The molecule has 0 radical (unpaired) electrons. The Morgan fingerprint density at radius 2 is 2.06 bits per heavy atom. The molecule has 0 aromatic carbocycles. The van der Waals surface area contributed by atoms with Gasteiger partial charge in [0.1, 0.15) is 5.60 Å². The number of hydrogen-bond donors (Lipinski definition) is 1. The van der Waals surface area contributed by atoms with Crippen LogP contribution >= 0.6 is 0 Å². The number of ether oxygens (including phenoxy) is 1. The maximum atomic E-state index is 13.4. The highest BCUT2D eigenvalue weighted by atomic mass is 19.3. The molecule has 1 fully saturated rings. The average Bonchev–Trinajstić information content (AvgIpc) is 2.23. The summed E-state index contributed by atoms with van der Waals surface area (Å²) in [6.07, 6.45) is -0.797. The largest absolute Gasteiger partial charge is 0.444 e. The number of hydrogen-bond acceptors (Lipinski definition) is 3. The van der Waals surface area contributed by atoms with Crippen molar-refractivity contribution in [2.75, 3.05) is 13.1 Å². The van der Waals surface area contributed by atoms with Crippen molar-refractivity contribution in [2.24, 2.45) is 5.73 Å². The molecule has 1 aliphatic heterocycles. The van der Waals surface area contributed by atoms with Gasteiger partial charge >= 0.3 is 6.09 Å². The van der Waals surface area contributed by atoms with Crippen molar-refractivity contribution in [2.45, 2.75) is 51.2 Å². The number of rotatable bonds is 0. The van der Waals surface area contributed by atoms with E-state index >= 15 is 0 Å². The number of nitrogens with zero attached hydrogens (tertiary/aromatic N) is 1. The fourth-order valence-corrected chi connectivity index (χ4v) is 1.66. The summed E-state index contributed by atoms with van der Waals surface area (Å²) >= 11 is 0. The van der Waals surface area contributed by atoms with Crippen molar-refractivity contribution < 1.29 is 18.3 Å². The SMILES string of the molecule is CC(C)(C)OC(=O)N1C[C@@H](N)CCC(F)(F)C1. The van der Waals surface area contributed by atoms with Crippen molar-refractivity contribution in [3.05, 3.63) is 0 Å². The van der Waals surface area contributed by atoms with Gasteiger partial charge in [0.25, 0.3) is 5.92 Å². The molecule has 17 heavy (non-hydrogen) atoms. The van der Waals surface area contributed by atoms with Crippen molar-refractivity contribution in [1.82, 2.24) is 4.90 Å². The number of amides is 1. The number of carbonyl (C=O) groups is 1. The molecule has 1 saturated heterocycles. The summed E-state index contributed by atoms with van der Waals surface area (Å²) in [7, 11) is 0. The first kappa shape index (κ1) is 14.2. The van der Waals surface area contributed by atoms with Crippen molar-refractivity contribution in [1.29, 1.82) is 0 Å². The molecule has 1 atom stereocenters. The molecule has 0 aromatic rings. The van der Waals surface area contributed by atoms with E-state index in [-0.39, 0.29) is 19.4 Å².